The molecule has 1 fully saturated rings. The molecule has 4 nitrogen and oxygen atoms in total. The Bertz CT molecular complexity index is 416. The molecule has 98 valence electrons. The van der Waals surface area contributed by atoms with E-state index in [-0.39, 0.29) is 11.8 Å². The number of phenolic OH excluding ortho intramolecular Hbond substituents is 1. The number of benzene rings is 1. The molecule has 0 saturated carbocycles. The van der Waals surface area contributed by atoms with E-state index in [9.17, 15) is 15.0 Å². The van der Waals surface area contributed by atoms with Crippen LogP contribution in [0.5, 0.6) is 5.75 Å². The van der Waals surface area contributed by atoms with Crippen molar-refractivity contribution in [1.82, 2.24) is 4.90 Å². The number of aliphatic carboxylic acids is 1. The molecule has 4 heteroatoms. The second-order valence-electron chi connectivity index (χ2n) is 5.12. The lowest BCUT2D eigenvalue weighted by Gasteiger charge is -2.35. The fourth-order valence-corrected chi connectivity index (χ4v) is 2.47. The van der Waals surface area contributed by atoms with Crippen LogP contribution in [0.1, 0.15) is 25.3 Å². The van der Waals surface area contributed by atoms with Crippen molar-refractivity contribution in [3.05, 3.63) is 29.8 Å². The van der Waals surface area contributed by atoms with E-state index in [2.05, 4.69) is 6.92 Å². The lowest BCUT2D eigenvalue weighted by molar-refractivity contribution is -0.145. The van der Waals surface area contributed by atoms with E-state index in [0.29, 0.717) is 18.9 Å². The molecule has 18 heavy (non-hydrogen) atoms. The number of carboxylic acids is 1. The number of carboxylic acid groups (broad SMARTS) is 1. The molecule has 0 aromatic heterocycles. The van der Waals surface area contributed by atoms with Crippen LogP contribution in [0.25, 0.3) is 0 Å². The molecule has 1 aliphatic heterocycles. The zero-order valence-electron chi connectivity index (χ0n) is 10.5. The van der Waals surface area contributed by atoms with Crippen molar-refractivity contribution < 1.29 is 15.0 Å². The summed E-state index contributed by atoms with van der Waals surface area (Å²) in [4.78, 5) is 13.3. The maximum Gasteiger partial charge on any atom is 0.320 e. The molecule has 2 atom stereocenters. The monoisotopic (exact) mass is 249 g/mol. The van der Waals surface area contributed by atoms with E-state index < -0.39 is 5.97 Å². The lowest BCUT2D eigenvalue weighted by atomic mass is 9.92. The Balaban J connectivity index is 2.06. The van der Waals surface area contributed by atoms with E-state index >= 15 is 0 Å². The molecule has 1 saturated heterocycles. The largest absolute Gasteiger partial charge is 0.508 e. The smallest absolute Gasteiger partial charge is 0.320 e. The standard InChI is InChI=1S/C14H19NO3/c1-10-6-7-15(13(8-10)14(17)18)9-11-2-4-12(16)5-3-11/h2-5,10,13,16H,6-9H2,1H3,(H,17,18). The summed E-state index contributed by atoms with van der Waals surface area (Å²) >= 11 is 0. The summed E-state index contributed by atoms with van der Waals surface area (Å²) in [6.45, 7) is 3.55. The number of hydrogen-bond acceptors (Lipinski definition) is 3. The van der Waals surface area contributed by atoms with Gasteiger partial charge in [0.25, 0.3) is 0 Å². The van der Waals surface area contributed by atoms with E-state index in [1.165, 1.54) is 0 Å². The van der Waals surface area contributed by atoms with Gasteiger partial charge in [-0.3, -0.25) is 9.69 Å². The van der Waals surface area contributed by atoms with E-state index in [4.69, 9.17) is 0 Å². The van der Waals surface area contributed by atoms with Crippen molar-refractivity contribution in [2.24, 2.45) is 5.92 Å². The Morgan fingerprint density at radius 3 is 2.67 bits per heavy atom. The van der Waals surface area contributed by atoms with Gasteiger partial charge in [-0.25, -0.2) is 0 Å². The van der Waals surface area contributed by atoms with Crippen LogP contribution in [0, 0.1) is 5.92 Å². The van der Waals surface area contributed by atoms with Crippen molar-refractivity contribution in [2.45, 2.75) is 32.4 Å². The number of likely N-dealkylation sites (tertiary alicyclic amines) is 1. The molecule has 0 bridgehead atoms. The molecular weight excluding hydrogens is 230 g/mol. The van der Waals surface area contributed by atoms with Gasteiger partial charge in [0.05, 0.1) is 0 Å². The third kappa shape index (κ3) is 3.01. The van der Waals surface area contributed by atoms with Crippen LogP contribution in [-0.2, 0) is 11.3 Å². The van der Waals surface area contributed by atoms with Crippen LogP contribution >= 0.6 is 0 Å². The van der Waals surface area contributed by atoms with Gasteiger partial charge in [0.1, 0.15) is 11.8 Å². The summed E-state index contributed by atoms with van der Waals surface area (Å²) in [7, 11) is 0. The molecule has 2 rings (SSSR count). The molecule has 0 radical (unpaired) electrons. The second-order valence-corrected chi connectivity index (χ2v) is 5.12. The number of piperidine rings is 1. The maximum atomic E-state index is 11.3. The van der Waals surface area contributed by atoms with Crippen LogP contribution in [0.4, 0.5) is 0 Å². The first-order chi connectivity index (χ1) is 8.56. The van der Waals surface area contributed by atoms with E-state index in [0.717, 1.165) is 18.5 Å². The maximum absolute atomic E-state index is 11.3. The summed E-state index contributed by atoms with van der Waals surface area (Å²) in [5.74, 6) is -0.0247. The topological polar surface area (TPSA) is 60.8 Å². The molecule has 1 aliphatic rings. The Morgan fingerprint density at radius 2 is 2.06 bits per heavy atom. The normalized spacial score (nSPS) is 24.9. The van der Waals surface area contributed by atoms with Gasteiger partial charge in [-0.15, -0.1) is 0 Å². The first-order valence-corrected chi connectivity index (χ1v) is 6.31. The summed E-state index contributed by atoms with van der Waals surface area (Å²) in [5.41, 5.74) is 1.04. The van der Waals surface area contributed by atoms with Crippen molar-refractivity contribution in [3.8, 4) is 5.75 Å². The first-order valence-electron chi connectivity index (χ1n) is 6.31. The summed E-state index contributed by atoms with van der Waals surface area (Å²) in [6.07, 6.45) is 1.76. The predicted molar refractivity (Wildman–Crippen MR) is 68.3 cm³/mol. The van der Waals surface area contributed by atoms with Crippen LogP contribution in [0.3, 0.4) is 0 Å². The Labute approximate surface area is 107 Å². The van der Waals surface area contributed by atoms with Crippen LogP contribution in [0.15, 0.2) is 24.3 Å². The Morgan fingerprint density at radius 1 is 1.39 bits per heavy atom. The van der Waals surface area contributed by atoms with Gasteiger partial charge in [0.15, 0.2) is 0 Å². The highest BCUT2D eigenvalue weighted by molar-refractivity contribution is 5.73. The SMILES string of the molecule is CC1CCN(Cc2ccc(O)cc2)C(C(=O)O)C1. The first kappa shape index (κ1) is 12.9. The second kappa shape index (κ2) is 5.40. The third-order valence-electron chi connectivity index (χ3n) is 3.58. The van der Waals surface area contributed by atoms with Crippen molar-refractivity contribution in [3.63, 3.8) is 0 Å². The Hall–Kier alpha value is -1.55. The number of rotatable bonds is 3. The number of carbonyl (C=O) groups is 1. The van der Waals surface area contributed by atoms with E-state index in [1.807, 2.05) is 17.0 Å². The van der Waals surface area contributed by atoms with Gasteiger partial charge >= 0.3 is 5.97 Å². The number of aromatic hydroxyl groups is 1. The van der Waals surface area contributed by atoms with Crippen molar-refractivity contribution in [2.75, 3.05) is 6.54 Å². The quantitative estimate of drug-likeness (QED) is 0.861. The minimum absolute atomic E-state index is 0.237. The zero-order valence-corrected chi connectivity index (χ0v) is 10.5. The molecule has 2 unspecified atom stereocenters. The average molecular weight is 249 g/mol. The van der Waals surface area contributed by atoms with Gasteiger partial charge < -0.3 is 10.2 Å². The minimum Gasteiger partial charge on any atom is -0.508 e. The predicted octanol–water partition coefficient (Wildman–Crippen LogP) is 2.08. The number of phenols is 1. The van der Waals surface area contributed by atoms with Crippen LogP contribution in [0.2, 0.25) is 0 Å². The van der Waals surface area contributed by atoms with Crippen LogP contribution in [-0.4, -0.2) is 33.7 Å². The highest BCUT2D eigenvalue weighted by Gasteiger charge is 2.31. The summed E-state index contributed by atoms with van der Waals surface area (Å²) < 4.78 is 0. The van der Waals surface area contributed by atoms with Crippen molar-refractivity contribution >= 4 is 5.97 Å². The molecule has 1 heterocycles. The van der Waals surface area contributed by atoms with Gasteiger partial charge in [0, 0.05) is 6.54 Å². The average Bonchev–Trinajstić information content (AvgIpc) is 2.34. The summed E-state index contributed by atoms with van der Waals surface area (Å²) in [6, 6.07) is 6.57. The lowest BCUT2D eigenvalue weighted by Crippen LogP contribution is -2.46. The molecule has 2 N–H and O–H groups in total. The molecule has 0 spiro atoms. The van der Waals surface area contributed by atoms with Crippen LogP contribution < -0.4 is 0 Å². The minimum atomic E-state index is -0.736. The third-order valence-corrected chi connectivity index (χ3v) is 3.58. The van der Waals surface area contributed by atoms with Crippen molar-refractivity contribution in [1.29, 1.82) is 0 Å². The number of hydrogen-bond donors (Lipinski definition) is 2. The highest BCUT2D eigenvalue weighted by atomic mass is 16.4. The molecule has 1 aromatic carbocycles. The Kier molecular flexibility index (Phi) is 3.87. The van der Waals surface area contributed by atoms with E-state index in [1.54, 1.807) is 12.1 Å². The van der Waals surface area contributed by atoms with Gasteiger partial charge in [-0.05, 0) is 43.0 Å². The molecule has 1 aromatic rings. The van der Waals surface area contributed by atoms with Gasteiger partial charge in [-0.1, -0.05) is 19.1 Å². The molecule has 0 aliphatic carbocycles. The molecule has 0 amide bonds. The fourth-order valence-electron chi connectivity index (χ4n) is 2.47. The number of nitrogens with zero attached hydrogens (tertiary/aromatic N) is 1. The zero-order chi connectivity index (χ0) is 13.1. The van der Waals surface area contributed by atoms with Gasteiger partial charge in [-0.2, -0.15) is 0 Å². The molecular formula is C14H19NO3. The van der Waals surface area contributed by atoms with Gasteiger partial charge in [0.2, 0.25) is 0 Å². The fraction of sp³-hybridized carbons (Fsp3) is 0.500. The highest BCUT2D eigenvalue weighted by Crippen LogP contribution is 2.24. The summed E-state index contributed by atoms with van der Waals surface area (Å²) in [5, 5.41) is 18.5.